The van der Waals surface area contributed by atoms with Crippen molar-refractivity contribution in [2.45, 2.75) is 45.3 Å². The third-order valence-corrected chi connectivity index (χ3v) is 2.28. The second kappa shape index (κ2) is 3.11. The van der Waals surface area contributed by atoms with Crippen LogP contribution in [0.4, 0.5) is 0 Å². The molecule has 2 heteroatoms. The highest BCUT2D eigenvalue weighted by Crippen LogP contribution is 2.18. The summed E-state index contributed by atoms with van der Waals surface area (Å²) in [5.74, 6) is 0. The summed E-state index contributed by atoms with van der Waals surface area (Å²) in [6.45, 7) is 7.95. The SMILES string of the molecule is CC1CCCN1CC(C)(C)O. The standard InChI is InChI=1S/C9H19NO/c1-8-5-4-6-10(8)7-9(2,3)11/h8,11H,4-7H2,1-3H3. The molecule has 0 spiro atoms. The molecule has 1 N–H and O–H groups in total. The summed E-state index contributed by atoms with van der Waals surface area (Å²) in [5.41, 5.74) is -0.529. The minimum absolute atomic E-state index is 0.529. The van der Waals surface area contributed by atoms with Gasteiger partial charge in [-0.1, -0.05) is 0 Å². The maximum atomic E-state index is 9.55. The van der Waals surface area contributed by atoms with Crippen LogP contribution in [0.3, 0.4) is 0 Å². The average Bonchev–Trinajstić information content (AvgIpc) is 2.12. The lowest BCUT2D eigenvalue weighted by molar-refractivity contribution is 0.0341. The molecule has 0 aromatic carbocycles. The van der Waals surface area contributed by atoms with E-state index in [-0.39, 0.29) is 0 Å². The Bertz CT molecular complexity index is 128. The second-order valence-electron chi connectivity index (χ2n) is 4.27. The van der Waals surface area contributed by atoms with Gasteiger partial charge in [0.2, 0.25) is 0 Å². The number of aliphatic hydroxyl groups is 1. The Morgan fingerprint density at radius 1 is 1.55 bits per heavy atom. The Hall–Kier alpha value is -0.0800. The Morgan fingerprint density at radius 2 is 2.18 bits per heavy atom. The molecule has 1 fully saturated rings. The van der Waals surface area contributed by atoms with E-state index in [9.17, 15) is 5.11 Å². The number of likely N-dealkylation sites (tertiary alicyclic amines) is 1. The molecule has 0 aromatic heterocycles. The van der Waals surface area contributed by atoms with Gasteiger partial charge < -0.3 is 5.11 Å². The van der Waals surface area contributed by atoms with Gasteiger partial charge in [-0.25, -0.2) is 0 Å². The molecule has 0 saturated carbocycles. The number of hydrogen-bond donors (Lipinski definition) is 1. The van der Waals surface area contributed by atoms with Crippen LogP contribution >= 0.6 is 0 Å². The Labute approximate surface area is 69.2 Å². The molecule has 0 aromatic rings. The van der Waals surface area contributed by atoms with Crippen molar-refractivity contribution in [3.05, 3.63) is 0 Å². The number of β-amino-alcohol motifs (C(OH)–C–C–N with tert-alkyl or cyclic N) is 1. The zero-order valence-corrected chi connectivity index (χ0v) is 7.80. The molecule has 1 atom stereocenters. The van der Waals surface area contributed by atoms with Gasteiger partial charge in [-0.15, -0.1) is 0 Å². The van der Waals surface area contributed by atoms with Crippen molar-refractivity contribution in [1.82, 2.24) is 4.90 Å². The van der Waals surface area contributed by atoms with E-state index < -0.39 is 5.60 Å². The van der Waals surface area contributed by atoms with Crippen molar-refractivity contribution in [1.29, 1.82) is 0 Å². The molecule has 1 aliphatic rings. The van der Waals surface area contributed by atoms with Gasteiger partial charge >= 0.3 is 0 Å². The number of nitrogens with zero attached hydrogens (tertiary/aromatic N) is 1. The first kappa shape index (κ1) is 9.01. The molecule has 2 nitrogen and oxygen atoms in total. The maximum Gasteiger partial charge on any atom is 0.0718 e. The van der Waals surface area contributed by atoms with Crippen molar-refractivity contribution >= 4 is 0 Å². The van der Waals surface area contributed by atoms with Crippen LogP contribution in [-0.2, 0) is 0 Å². The third kappa shape index (κ3) is 2.80. The van der Waals surface area contributed by atoms with Crippen LogP contribution in [-0.4, -0.2) is 34.7 Å². The van der Waals surface area contributed by atoms with Crippen LogP contribution < -0.4 is 0 Å². The predicted molar refractivity (Wildman–Crippen MR) is 46.6 cm³/mol. The minimum Gasteiger partial charge on any atom is -0.389 e. The fourth-order valence-electron chi connectivity index (χ4n) is 1.72. The molecule has 1 saturated heterocycles. The minimum atomic E-state index is -0.529. The molecule has 11 heavy (non-hydrogen) atoms. The maximum absolute atomic E-state index is 9.55. The van der Waals surface area contributed by atoms with E-state index in [1.807, 2.05) is 13.8 Å². The average molecular weight is 157 g/mol. The second-order valence-corrected chi connectivity index (χ2v) is 4.27. The molecule has 0 radical (unpaired) electrons. The van der Waals surface area contributed by atoms with Gasteiger partial charge in [-0.3, -0.25) is 4.90 Å². The fraction of sp³-hybridized carbons (Fsp3) is 1.00. The molecule has 1 rings (SSSR count). The molecule has 1 aliphatic heterocycles. The van der Waals surface area contributed by atoms with Gasteiger partial charge in [0, 0.05) is 12.6 Å². The molecular weight excluding hydrogens is 138 g/mol. The van der Waals surface area contributed by atoms with E-state index in [0.717, 1.165) is 13.1 Å². The lowest BCUT2D eigenvalue weighted by atomic mass is 10.1. The Morgan fingerprint density at radius 3 is 2.55 bits per heavy atom. The first-order valence-corrected chi connectivity index (χ1v) is 4.45. The zero-order valence-electron chi connectivity index (χ0n) is 7.80. The third-order valence-electron chi connectivity index (χ3n) is 2.28. The molecule has 1 unspecified atom stereocenters. The molecule has 0 amide bonds. The summed E-state index contributed by atoms with van der Waals surface area (Å²) < 4.78 is 0. The largest absolute Gasteiger partial charge is 0.389 e. The topological polar surface area (TPSA) is 23.5 Å². The van der Waals surface area contributed by atoms with E-state index in [1.54, 1.807) is 0 Å². The highest BCUT2D eigenvalue weighted by atomic mass is 16.3. The van der Waals surface area contributed by atoms with Crippen molar-refractivity contribution in [3.8, 4) is 0 Å². The van der Waals surface area contributed by atoms with Crippen LogP contribution in [0.2, 0.25) is 0 Å². The fourth-order valence-corrected chi connectivity index (χ4v) is 1.72. The molecule has 0 aliphatic carbocycles. The van der Waals surface area contributed by atoms with Gasteiger partial charge in [0.15, 0.2) is 0 Å². The van der Waals surface area contributed by atoms with Crippen molar-refractivity contribution in [3.63, 3.8) is 0 Å². The van der Waals surface area contributed by atoms with Gasteiger partial charge in [-0.2, -0.15) is 0 Å². The quantitative estimate of drug-likeness (QED) is 0.652. The summed E-state index contributed by atoms with van der Waals surface area (Å²) in [7, 11) is 0. The zero-order chi connectivity index (χ0) is 8.48. The molecule has 66 valence electrons. The van der Waals surface area contributed by atoms with Gasteiger partial charge in [-0.05, 0) is 40.2 Å². The summed E-state index contributed by atoms with van der Waals surface area (Å²) >= 11 is 0. The lowest BCUT2D eigenvalue weighted by Gasteiger charge is -2.28. The van der Waals surface area contributed by atoms with Gasteiger partial charge in [0.1, 0.15) is 0 Å². The Kier molecular flexibility index (Phi) is 2.55. The van der Waals surface area contributed by atoms with Crippen molar-refractivity contribution in [2.75, 3.05) is 13.1 Å². The van der Waals surface area contributed by atoms with Gasteiger partial charge in [0.25, 0.3) is 0 Å². The first-order valence-electron chi connectivity index (χ1n) is 4.45. The van der Waals surface area contributed by atoms with Crippen LogP contribution in [0.25, 0.3) is 0 Å². The highest BCUT2D eigenvalue weighted by Gasteiger charge is 2.25. The normalized spacial score (nSPS) is 27.8. The van der Waals surface area contributed by atoms with E-state index in [1.165, 1.54) is 12.8 Å². The van der Waals surface area contributed by atoms with Gasteiger partial charge in [0.05, 0.1) is 5.60 Å². The van der Waals surface area contributed by atoms with Crippen LogP contribution in [0.1, 0.15) is 33.6 Å². The molecular formula is C9H19NO. The van der Waals surface area contributed by atoms with Crippen LogP contribution in [0.15, 0.2) is 0 Å². The summed E-state index contributed by atoms with van der Waals surface area (Å²) in [4.78, 5) is 2.36. The molecule has 0 bridgehead atoms. The van der Waals surface area contributed by atoms with Crippen molar-refractivity contribution in [2.24, 2.45) is 0 Å². The number of hydrogen-bond acceptors (Lipinski definition) is 2. The monoisotopic (exact) mass is 157 g/mol. The van der Waals surface area contributed by atoms with E-state index >= 15 is 0 Å². The predicted octanol–water partition coefficient (Wildman–Crippen LogP) is 1.24. The summed E-state index contributed by atoms with van der Waals surface area (Å²) in [6.07, 6.45) is 2.58. The van der Waals surface area contributed by atoms with E-state index in [0.29, 0.717) is 6.04 Å². The van der Waals surface area contributed by atoms with E-state index in [2.05, 4.69) is 11.8 Å². The highest BCUT2D eigenvalue weighted by molar-refractivity contribution is 4.80. The van der Waals surface area contributed by atoms with Crippen molar-refractivity contribution < 1.29 is 5.11 Å². The summed E-state index contributed by atoms with van der Waals surface area (Å²) in [6, 6.07) is 0.668. The Balaban J connectivity index is 2.37. The van der Waals surface area contributed by atoms with Crippen LogP contribution in [0.5, 0.6) is 0 Å². The lowest BCUT2D eigenvalue weighted by Crippen LogP contribution is -2.40. The van der Waals surface area contributed by atoms with E-state index in [4.69, 9.17) is 0 Å². The summed E-state index contributed by atoms with van der Waals surface area (Å²) in [5, 5.41) is 9.55. The molecule has 1 heterocycles. The number of rotatable bonds is 2. The van der Waals surface area contributed by atoms with Crippen LogP contribution in [0, 0.1) is 0 Å². The first-order chi connectivity index (χ1) is 4.99. The smallest absolute Gasteiger partial charge is 0.0718 e.